The minimum atomic E-state index is -0.0337. The number of benzene rings is 1. The van der Waals surface area contributed by atoms with Crippen molar-refractivity contribution in [1.29, 1.82) is 0 Å². The molecule has 1 aliphatic rings. The number of hydrogen-bond donors (Lipinski definition) is 1. The van der Waals surface area contributed by atoms with E-state index in [0.29, 0.717) is 26.2 Å². The Hall–Kier alpha value is -2.54. The van der Waals surface area contributed by atoms with Crippen LogP contribution < -0.4 is 10.1 Å². The van der Waals surface area contributed by atoms with Crippen molar-refractivity contribution in [1.82, 2.24) is 20.3 Å². The third-order valence-corrected chi connectivity index (χ3v) is 4.11. The molecule has 1 saturated heterocycles. The third kappa shape index (κ3) is 5.22. The Kier molecular flexibility index (Phi) is 5.90. The molecular formula is C18H24N4O3. The zero-order valence-electron chi connectivity index (χ0n) is 14.5. The number of aryl methyl sites for hydroxylation is 1. The number of urea groups is 1. The summed E-state index contributed by atoms with van der Waals surface area (Å²) in [5.41, 5.74) is 0.938. The summed E-state index contributed by atoms with van der Waals surface area (Å²) in [5, 5.41) is 6.92. The molecule has 25 heavy (non-hydrogen) atoms. The molecule has 134 valence electrons. The van der Waals surface area contributed by atoms with Crippen LogP contribution in [0.3, 0.4) is 0 Å². The predicted octanol–water partition coefficient (Wildman–Crippen LogP) is 1.89. The van der Waals surface area contributed by atoms with E-state index in [4.69, 9.17) is 9.26 Å². The van der Waals surface area contributed by atoms with Crippen LogP contribution in [0.4, 0.5) is 4.79 Å². The first-order valence-electron chi connectivity index (χ1n) is 8.56. The first-order chi connectivity index (χ1) is 12.2. The van der Waals surface area contributed by atoms with Crippen LogP contribution in [0.5, 0.6) is 5.75 Å². The second-order valence-corrected chi connectivity index (χ2v) is 6.09. The average molecular weight is 344 g/mol. The van der Waals surface area contributed by atoms with E-state index in [1.165, 1.54) is 0 Å². The molecule has 1 N–H and O–H groups in total. The van der Waals surface area contributed by atoms with Gasteiger partial charge in [-0.2, -0.15) is 0 Å². The van der Waals surface area contributed by atoms with E-state index < -0.39 is 0 Å². The van der Waals surface area contributed by atoms with Gasteiger partial charge in [-0.05, 0) is 19.1 Å². The highest BCUT2D eigenvalue weighted by Crippen LogP contribution is 2.09. The van der Waals surface area contributed by atoms with Crippen molar-refractivity contribution in [2.24, 2.45) is 0 Å². The molecule has 3 rings (SSSR count). The highest BCUT2D eigenvalue weighted by Gasteiger charge is 2.21. The minimum absolute atomic E-state index is 0.0337. The monoisotopic (exact) mass is 344 g/mol. The molecule has 2 heterocycles. The predicted molar refractivity (Wildman–Crippen MR) is 93.4 cm³/mol. The Balaban J connectivity index is 1.32. The van der Waals surface area contributed by atoms with Crippen LogP contribution in [0.25, 0.3) is 0 Å². The van der Waals surface area contributed by atoms with Crippen molar-refractivity contribution in [2.45, 2.75) is 13.5 Å². The molecular weight excluding hydrogens is 320 g/mol. The van der Waals surface area contributed by atoms with Crippen LogP contribution in [-0.4, -0.2) is 60.3 Å². The van der Waals surface area contributed by atoms with Crippen LogP contribution in [0, 0.1) is 6.92 Å². The van der Waals surface area contributed by atoms with Gasteiger partial charge < -0.3 is 19.5 Å². The summed E-state index contributed by atoms with van der Waals surface area (Å²) >= 11 is 0. The molecule has 0 unspecified atom stereocenters. The van der Waals surface area contributed by atoms with Crippen molar-refractivity contribution in [3.8, 4) is 5.75 Å². The maximum absolute atomic E-state index is 12.2. The van der Waals surface area contributed by atoms with Crippen LogP contribution in [0.2, 0.25) is 0 Å². The van der Waals surface area contributed by atoms with Gasteiger partial charge in [0.15, 0.2) is 0 Å². The number of carbonyl (C=O) groups excluding carboxylic acids is 1. The Bertz CT molecular complexity index is 666. The molecule has 2 amide bonds. The molecule has 0 radical (unpaired) electrons. The molecule has 1 fully saturated rings. The van der Waals surface area contributed by atoms with Crippen molar-refractivity contribution in [2.75, 3.05) is 39.3 Å². The van der Waals surface area contributed by atoms with Crippen molar-refractivity contribution in [3.63, 3.8) is 0 Å². The molecule has 0 atom stereocenters. The minimum Gasteiger partial charge on any atom is -0.492 e. The summed E-state index contributed by atoms with van der Waals surface area (Å²) in [6.07, 6.45) is 0. The van der Waals surface area contributed by atoms with Crippen LogP contribution in [0.15, 0.2) is 40.9 Å². The lowest BCUT2D eigenvalue weighted by Crippen LogP contribution is -2.51. The lowest BCUT2D eigenvalue weighted by Gasteiger charge is -2.34. The second kappa shape index (κ2) is 8.53. The smallest absolute Gasteiger partial charge is 0.317 e. The normalized spacial score (nSPS) is 15.2. The number of nitrogens with one attached hydrogen (secondary N) is 1. The molecule has 0 spiro atoms. The fraction of sp³-hybridized carbons (Fsp3) is 0.444. The third-order valence-electron chi connectivity index (χ3n) is 4.11. The molecule has 0 aliphatic carbocycles. The molecule has 1 aromatic heterocycles. The lowest BCUT2D eigenvalue weighted by atomic mass is 10.3. The second-order valence-electron chi connectivity index (χ2n) is 6.09. The van der Waals surface area contributed by atoms with Crippen LogP contribution in [-0.2, 0) is 6.54 Å². The number of piperazine rings is 1. The van der Waals surface area contributed by atoms with E-state index in [2.05, 4.69) is 15.4 Å². The van der Waals surface area contributed by atoms with Gasteiger partial charge in [0.1, 0.15) is 18.1 Å². The first kappa shape index (κ1) is 17.3. The van der Waals surface area contributed by atoms with Gasteiger partial charge in [0.25, 0.3) is 0 Å². The molecule has 7 nitrogen and oxygen atoms in total. The largest absolute Gasteiger partial charge is 0.492 e. The van der Waals surface area contributed by atoms with E-state index in [1.54, 1.807) is 0 Å². The highest BCUT2D eigenvalue weighted by atomic mass is 16.5. The number of hydrogen-bond acceptors (Lipinski definition) is 5. The van der Waals surface area contributed by atoms with Gasteiger partial charge >= 0.3 is 6.03 Å². The van der Waals surface area contributed by atoms with Gasteiger partial charge in [0.05, 0.1) is 12.2 Å². The summed E-state index contributed by atoms with van der Waals surface area (Å²) in [6, 6.07) is 11.5. The number of para-hydroxylation sites is 1. The van der Waals surface area contributed by atoms with Crippen LogP contribution in [0.1, 0.15) is 11.5 Å². The lowest BCUT2D eigenvalue weighted by molar-refractivity contribution is 0.132. The summed E-state index contributed by atoms with van der Waals surface area (Å²) < 4.78 is 10.7. The number of aromatic nitrogens is 1. The molecule has 0 bridgehead atoms. The topological polar surface area (TPSA) is 70.8 Å². The molecule has 1 aromatic carbocycles. The summed E-state index contributed by atoms with van der Waals surface area (Å²) in [5.74, 6) is 1.64. The number of rotatable bonds is 6. The van der Waals surface area contributed by atoms with Gasteiger partial charge in [-0.1, -0.05) is 23.4 Å². The fourth-order valence-corrected chi connectivity index (χ4v) is 2.79. The van der Waals surface area contributed by atoms with Gasteiger partial charge in [-0.3, -0.25) is 4.90 Å². The zero-order valence-corrected chi connectivity index (χ0v) is 14.5. The van der Waals surface area contributed by atoms with E-state index in [0.717, 1.165) is 36.8 Å². The SMILES string of the molecule is Cc1cc(CN2CCN(C(=O)NCCOc3ccccc3)CC2)no1. The molecule has 2 aromatic rings. The van der Waals surface area contributed by atoms with E-state index in [-0.39, 0.29) is 6.03 Å². The van der Waals surface area contributed by atoms with E-state index in [9.17, 15) is 4.79 Å². The standard InChI is InChI=1S/C18H24N4O3/c1-15-13-16(20-25-15)14-21-8-10-22(11-9-21)18(23)19-7-12-24-17-5-3-2-4-6-17/h2-6,13H,7-12,14H2,1H3,(H,19,23). The summed E-state index contributed by atoms with van der Waals surface area (Å²) in [6.45, 7) is 6.69. The maximum atomic E-state index is 12.2. The summed E-state index contributed by atoms with van der Waals surface area (Å²) in [4.78, 5) is 16.3. The van der Waals surface area contributed by atoms with E-state index in [1.807, 2.05) is 48.2 Å². The average Bonchev–Trinajstić information content (AvgIpc) is 3.05. The number of ether oxygens (including phenoxy) is 1. The fourth-order valence-electron chi connectivity index (χ4n) is 2.79. The van der Waals surface area contributed by atoms with Crippen molar-refractivity contribution < 1.29 is 14.1 Å². The van der Waals surface area contributed by atoms with Gasteiger partial charge in [-0.25, -0.2) is 4.79 Å². The van der Waals surface area contributed by atoms with Crippen molar-refractivity contribution in [3.05, 3.63) is 47.9 Å². The summed E-state index contributed by atoms with van der Waals surface area (Å²) in [7, 11) is 0. The first-order valence-corrected chi connectivity index (χ1v) is 8.56. The zero-order chi connectivity index (χ0) is 17.5. The highest BCUT2D eigenvalue weighted by molar-refractivity contribution is 5.74. The van der Waals surface area contributed by atoms with Crippen molar-refractivity contribution >= 4 is 6.03 Å². The molecule has 1 aliphatic heterocycles. The number of amides is 2. The van der Waals surface area contributed by atoms with Crippen LogP contribution >= 0.6 is 0 Å². The Morgan fingerprint density at radius 1 is 1.24 bits per heavy atom. The number of carbonyl (C=O) groups is 1. The van der Waals surface area contributed by atoms with E-state index >= 15 is 0 Å². The Morgan fingerprint density at radius 3 is 2.68 bits per heavy atom. The van der Waals surface area contributed by atoms with Gasteiger partial charge in [0, 0.05) is 38.8 Å². The Morgan fingerprint density at radius 2 is 2.00 bits per heavy atom. The quantitative estimate of drug-likeness (QED) is 0.811. The Labute approximate surface area is 147 Å². The van der Waals surface area contributed by atoms with Gasteiger partial charge in [0.2, 0.25) is 0 Å². The molecule has 0 saturated carbocycles. The van der Waals surface area contributed by atoms with Gasteiger partial charge in [-0.15, -0.1) is 0 Å². The number of nitrogens with zero attached hydrogens (tertiary/aromatic N) is 3. The maximum Gasteiger partial charge on any atom is 0.317 e. The molecule has 7 heteroatoms.